The highest BCUT2D eigenvalue weighted by molar-refractivity contribution is 5.10. The van der Waals surface area contributed by atoms with E-state index in [1.54, 1.807) is 0 Å². The van der Waals surface area contributed by atoms with Gasteiger partial charge in [0.15, 0.2) is 0 Å². The molecule has 1 aliphatic carbocycles. The minimum absolute atomic E-state index is 0.316. The van der Waals surface area contributed by atoms with E-state index < -0.39 is 0 Å². The molecular weight excluding hydrogens is 226 g/mol. The van der Waals surface area contributed by atoms with E-state index in [4.69, 9.17) is 9.47 Å². The second kappa shape index (κ2) is 5.10. The Labute approximate surface area is 111 Å². The Balaban J connectivity index is 1.52. The average Bonchev–Trinajstić information content (AvgIpc) is 2.40. The molecule has 18 heavy (non-hydrogen) atoms. The van der Waals surface area contributed by atoms with E-state index >= 15 is 0 Å². The summed E-state index contributed by atoms with van der Waals surface area (Å²) in [5.74, 6) is 1.58. The molecule has 3 rings (SSSR count). The molecule has 1 N–H and O–H groups in total. The topological polar surface area (TPSA) is 30.5 Å². The Bertz CT molecular complexity index is 286. The zero-order chi connectivity index (χ0) is 12.6. The minimum atomic E-state index is 0.316. The van der Waals surface area contributed by atoms with E-state index in [9.17, 15) is 0 Å². The standard InChI is InChI=1S/C15H27NO2/c1-15(2)13(12-4-3-7-18-14(12)15)16-10-11-5-8-17-9-6-11/h11-14,16H,3-10H2,1-2H3. The van der Waals surface area contributed by atoms with Gasteiger partial charge in [-0.3, -0.25) is 0 Å². The second-order valence-electron chi connectivity index (χ2n) is 6.86. The van der Waals surface area contributed by atoms with Crippen LogP contribution in [0.3, 0.4) is 0 Å². The maximum Gasteiger partial charge on any atom is 0.0684 e. The van der Waals surface area contributed by atoms with Crippen LogP contribution in [0.4, 0.5) is 0 Å². The Kier molecular flexibility index (Phi) is 3.65. The summed E-state index contributed by atoms with van der Waals surface area (Å²) < 4.78 is 11.4. The third kappa shape index (κ3) is 2.21. The van der Waals surface area contributed by atoms with E-state index in [1.807, 2.05) is 0 Å². The van der Waals surface area contributed by atoms with Crippen LogP contribution >= 0.6 is 0 Å². The molecule has 0 amide bonds. The fourth-order valence-corrected chi connectivity index (χ4v) is 4.18. The quantitative estimate of drug-likeness (QED) is 0.836. The second-order valence-corrected chi connectivity index (χ2v) is 6.86. The zero-order valence-corrected chi connectivity index (χ0v) is 11.8. The van der Waals surface area contributed by atoms with Gasteiger partial charge in [-0.05, 0) is 38.1 Å². The monoisotopic (exact) mass is 253 g/mol. The Morgan fingerprint density at radius 3 is 2.67 bits per heavy atom. The van der Waals surface area contributed by atoms with E-state index in [0.29, 0.717) is 17.6 Å². The van der Waals surface area contributed by atoms with Gasteiger partial charge in [0, 0.05) is 37.2 Å². The van der Waals surface area contributed by atoms with Crippen molar-refractivity contribution in [1.29, 1.82) is 0 Å². The first kappa shape index (κ1) is 12.9. The molecule has 0 aromatic carbocycles. The Morgan fingerprint density at radius 2 is 1.89 bits per heavy atom. The van der Waals surface area contributed by atoms with Gasteiger partial charge >= 0.3 is 0 Å². The summed E-state index contributed by atoms with van der Waals surface area (Å²) in [4.78, 5) is 0. The van der Waals surface area contributed by atoms with Crippen LogP contribution in [0.1, 0.15) is 39.5 Å². The number of hydrogen-bond donors (Lipinski definition) is 1. The highest BCUT2D eigenvalue weighted by Crippen LogP contribution is 2.51. The number of hydrogen-bond acceptors (Lipinski definition) is 3. The SMILES string of the molecule is CC1(C)C(NCC2CCOCC2)C2CCCOC21. The molecule has 0 aromatic rings. The third-order valence-electron chi connectivity index (χ3n) is 5.30. The first-order valence-electron chi connectivity index (χ1n) is 7.62. The van der Waals surface area contributed by atoms with Crippen LogP contribution in [0.2, 0.25) is 0 Å². The van der Waals surface area contributed by atoms with Crippen LogP contribution in [0.5, 0.6) is 0 Å². The highest BCUT2D eigenvalue weighted by atomic mass is 16.5. The van der Waals surface area contributed by atoms with Crippen molar-refractivity contribution in [1.82, 2.24) is 5.32 Å². The van der Waals surface area contributed by atoms with E-state index in [-0.39, 0.29) is 0 Å². The lowest BCUT2D eigenvalue weighted by Crippen LogP contribution is -2.69. The van der Waals surface area contributed by atoms with Crippen LogP contribution in [-0.2, 0) is 9.47 Å². The molecule has 0 spiro atoms. The van der Waals surface area contributed by atoms with Gasteiger partial charge in [0.2, 0.25) is 0 Å². The van der Waals surface area contributed by atoms with Crippen molar-refractivity contribution >= 4 is 0 Å². The van der Waals surface area contributed by atoms with Gasteiger partial charge in [-0.2, -0.15) is 0 Å². The Morgan fingerprint density at radius 1 is 1.11 bits per heavy atom. The molecule has 0 bridgehead atoms. The predicted molar refractivity (Wildman–Crippen MR) is 71.6 cm³/mol. The molecular formula is C15H27NO2. The van der Waals surface area contributed by atoms with Gasteiger partial charge < -0.3 is 14.8 Å². The van der Waals surface area contributed by atoms with Crippen molar-refractivity contribution in [2.45, 2.75) is 51.7 Å². The van der Waals surface area contributed by atoms with Gasteiger partial charge in [0.25, 0.3) is 0 Å². The normalized spacial score (nSPS) is 40.0. The van der Waals surface area contributed by atoms with Crippen LogP contribution in [-0.4, -0.2) is 38.5 Å². The lowest BCUT2D eigenvalue weighted by Gasteiger charge is -2.60. The van der Waals surface area contributed by atoms with Crippen LogP contribution in [0.15, 0.2) is 0 Å². The Hall–Kier alpha value is -0.120. The molecule has 2 saturated heterocycles. The first-order chi connectivity index (χ1) is 8.69. The van der Waals surface area contributed by atoms with Gasteiger partial charge in [0.05, 0.1) is 6.10 Å². The molecule has 0 radical (unpaired) electrons. The van der Waals surface area contributed by atoms with E-state index in [1.165, 1.54) is 32.2 Å². The molecule has 3 nitrogen and oxygen atoms in total. The summed E-state index contributed by atoms with van der Waals surface area (Å²) in [6, 6.07) is 0.658. The van der Waals surface area contributed by atoms with Crippen molar-refractivity contribution in [3.05, 3.63) is 0 Å². The van der Waals surface area contributed by atoms with Crippen molar-refractivity contribution in [2.75, 3.05) is 26.4 Å². The molecule has 1 saturated carbocycles. The van der Waals surface area contributed by atoms with Crippen LogP contribution < -0.4 is 5.32 Å². The molecule has 0 aromatic heterocycles. The number of nitrogens with one attached hydrogen (secondary N) is 1. The molecule has 104 valence electrons. The molecule has 3 unspecified atom stereocenters. The maximum absolute atomic E-state index is 5.95. The fraction of sp³-hybridized carbons (Fsp3) is 1.00. The summed E-state index contributed by atoms with van der Waals surface area (Å²) >= 11 is 0. The van der Waals surface area contributed by atoms with Crippen molar-refractivity contribution in [3.8, 4) is 0 Å². The van der Waals surface area contributed by atoms with Crippen LogP contribution in [0.25, 0.3) is 0 Å². The summed E-state index contributed by atoms with van der Waals surface area (Å²) in [6.45, 7) is 8.77. The predicted octanol–water partition coefficient (Wildman–Crippen LogP) is 2.21. The van der Waals surface area contributed by atoms with Crippen molar-refractivity contribution < 1.29 is 9.47 Å². The smallest absolute Gasteiger partial charge is 0.0684 e. The molecule has 2 heterocycles. The van der Waals surface area contributed by atoms with Gasteiger partial charge in [-0.25, -0.2) is 0 Å². The van der Waals surface area contributed by atoms with Crippen LogP contribution in [0, 0.1) is 17.3 Å². The maximum atomic E-state index is 5.95. The molecule has 3 atom stereocenters. The van der Waals surface area contributed by atoms with Crippen molar-refractivity contribution in [2.24, 2.45) is 17.3 Å². The largest absolute Gasteiger partial charge is 0.381 e. The number of fused-ring (bicyclic) bond motifs is 1. The molecule has 2 aliphatic heterocycles. The van der Waals surface area contributed by atoms with E-state index in [2.05, 4.69) is 19.2 Å². The fourth-order valence-electron chi connectivity index (χ4n) is 4.18. The molecule has 3 fully saturated rings. The number of ether oxygens (including phenoxy) is 2. The highest BCUT2D eigenvalue weighted by Gasteiger charge is 2.57. The summed E-state index contributed by atoms with van der Waals surface area (Å²) in [6.07, 6.45) is 5.54. The zero-order valence-electron chi connectivity index (χ0n) is 11.8. The van der Waals surface area contributed by atoms with Gasteiger partial charge in [0.1, 0.15) is 0 Å². The van der Waals surface area contributed by atoms with Gasteiger partial charge in [-0.1, -0.05) is 13.8 Å². The summed E-state index contributed by atoms with van der Waals surface area (Å²) in [7, 11) is 0. The van der Waals surface area contributed by atoms with Crippen molar-refractivity contribution in [3.63, 3.8) is 0 Å². The lowest BCUT2D eigenvalue weighted by molar-refractivity contribution is -0.193. The first-order valence-corrected chi connectivity index (χ1v) is 7.62. The summed E-state index contributed by atoms with van der Waals surface area (Å²) in [5, 5.41) is 3.84. The van der Waals surface area contributed by atoms with E-state index in [0.717, 1.165) is 31.7 Å². The minimum Gasteiger partial charge on any atom is -0.381 e. The number of rotatable bonds is 3. The van der Waals surface area contributed by atoms with Gasteiger partial charge in [-0.15, -0.1) is 0 Å². The third-order valence-corrected chi connectivity index (χ3v) is 5.30. The lowest BCUT2D eigenvalue weighted by atomic mass is 9.55. The molecule has 3 aliphatic rings. The molecule has 3 heteroatoms. The summed E-state index contributed by atoms with van der Waals surface area (Å²) in [5.41, 5.74) is 0.316. The average molecular weight is 253 g/mol.